The molecule has 34 heavy (non-hydrogen) atoms. The number of fused-ring (bicyclic) bond motifs is 1. The van der Waals surface area contributed by atoms with Crippen LogP contribution in [-0.4, -0.2) is 36.9 Å². The molecule has 1 aliphatic rings. The molecule has 0 radical (unpaired) electrons. The Balaban J connectivity index is 1.58. The van der Waals surface area contributed by atoms with Gasteiger partial charge in [-0.25, -0.2) is 13.4 Å². The van der Waals surface area contributed by atoms with Crippen LogP contribution in [0.15, 0.2) is 101 Å². The second kappa shape index (κ2) is 9.60. The number of thioether (sulfide) groups is 1. The average molecular weight is 488 g/mol. The van der Waals surface area contributed by atoms with Gasteiger partial charge in [0.15, 0.2) is 9.84 Å². The minimum Gasteiger partial charge on any atom is -0.324 e. The quantitative estimate of drug-likeness (QED) is 0.358. The fraction of sp³-hybridized carbons (Fsp3) is 0.185. The predicted molar refractivity (Wildman–Crippen MR) is 138 cm³/mol. The molecule has 0 bridgehead atoms. The molecule has 2 aromatic heterocycles. The number of hydrogen-bond donors (Lipinski definition) is 0. The number of anilines is 2. The van der Waals surface area contributed by atoms with Gasteiger partial charge in [0.05, 0.1) is 10.6 Å². The molecule has 0 fully saturated rings. The number of aromatic nitrogens is 2. The van der Waals surface area contributed by atoms with Crippen molar-refractivity contribution >= 4 is 33.1 Å². The van der Waals surface area contributed by atoms with Crippen molar-refractivity contribution in [3.8, 4) is 0 Å². The molecule has 0 spiro atoms. The third-order valence-corrected chi connectivity index (χ3v) is 8.20. The Morgan fingerprint density at radius 1 is 0.971 bits per heavy atom. The van der Waals surface area contributed by atoms with E-state index in [0.717, 1.165) is 34.8 Å². The van der Waals surface area contributed by atoms with E-state index in [-0.39, 0.29) is 5.92 Å². The normalized spacial score (nSPS) is 14.4. The van der Waals surface area contributed by atoms with Crippen LogP contribution in [0.3, 0.4) is 0 Å². The standard InChI is InChI=1S/C27H25N3O2S2/c1-34(31,32)23-10-4-7-20(17-23)24(22-9-5-13-28-19-22)18-21-8-6-14-29-27(21)30-15-16-33-26-12-3-2-11-25(26)30/h2-14,17,19,24H,15-16,18H2,1H3. The van der Waals surface area contributed by atoms with Gasteiger partial charge in [-0.15, -0.1) is 11.8 Å². The number of sulfone groups is 1. The van der Waals surface area contributed by atoms with E-state index in [2.05, 4.69) is 40.2 Å². The van der Waals surface area contributed by atoms with Crippen molar-refractivity contribution in [2.45, 2.75) is 22.1 Å². The van der Waals surface area contributed by atoms with E-state index in [1.165, 1.54) is 16.8 Å². The van der Waals surface area contributed by atoms with Crippen LogP contribution in [0.2, 0.25) is 0 Å². The number of benzene rings is 2. The maximum Gasteiger partial charge on any atom is 0.175 e. The molecular formula is C27H25N3O2S2. The van der Waals surface area contributed by atoms with E-state index in [0.29, 0.717) is 11.3 Å². The Morgan fingerprint density at radius 3 is 2.62 bits per heavy atom. The van der Waals surface area contributed by atoms with Gasteiger partial charge in [0.25, 0.3) is 0 Å². The molecule has 4 aromatic rings. The van der Waals surface area contributed by atoms with Gasteiger partial charge in [-0.3, -0.25) is 4.98 Å². The Morgan fingerprint density at radius 2 is 1.79 bits per heavy atom. The molecule has 3 heterocycles. The molecule has 0 saturated heterocycles. The molecule has 5 nitrogen and oxygen atoms in total. The first-order chi connectivity index (χ1) is 16.5. The van der Waals surface area contributed by atoms with Gasteiger partial charge in [-0.2, -0.15) is 0 Å². The summed E-state index contributed by atoms with van der Waals surface area (Å²) >= 11 is 1.87. The topological polar surface area (TPSA) is 63.2 Å². The first kappa shape index (κ1) is 22.6. The first-order valence-corrected chi connectivity index (χ1v) is 14.0. The van der Waals surface area contributed by atoms with E-state index >= 15 is 0 Å². The average Bonchev–Trinajstić information content (AvgIpc) is 2.87. The third kappa shape index (κ3) is 4.72. The largest absolute Gasteiger partial charge is 0.324 e. The molecule has 2 aromatic carbocycles. The van der Waals surface area contributed by atoms with Crippen molar-refractivity contribution in [2.75, 3.05) is 23.5 Å². The fourth-order valence-electron chi connectivity index (χ4n) is 4.41. The second-order valence-electron chi connectivity index (χ2n) is 8.34. The van der Waals surface area contributed by atoms with Gasteiger partial charge in [-0.1, -0.05) is 36.4 Å². The van der Waals surface area contributed by atoms with Gasteiger partial charge in [0.1, 0.15) is 5.82 Å². The molecule has 7 heteroatoms. The van der Waals surface area contributed by atoms with Crippen molar-refractivity contribution in [2.24, 2.45) is 0 Å². The summed E-state index contributed by atoms with van der Waals surface area (Å²) in [5.74, 6) is 1.88. The highest BCUT2D eigenvalue weighted by Gasteiger charge is 2.24. The van der Waals surface area contributed by atoms with E-state index in [1.807, 2.05) is 54.5 Å². The van der Waals surface area contributed by atoms with Gasteiger partial charge in [0, 0.05) is 48.0 Å². The van der Waals surface area contributed by atoms with Crippen LogP contribution in [0.4, 0.5) is 11.5 Å². The van der Waals surface area contributed by atoms with Crippen LogP contribution in [0.25, 0.3) is 0 Å². The third-order valence-electron chi connectivity index (χ3n) is 6.05. The highest BCUT2D eigenvalue weighted by molar-refractivity contribution is 7.99. The van der Waals surface area contributed by atoms with Crippen molar-refractivity contribution in [3.63, 3.8) is 0 Å². The summed E-state index contributed by atoms with van der Waals surface area (Å²) in [7, 11) is -3.31. The highest BCUT2D eigenvalue weighted by atomic mass is 32.2. The van der Waals surface area contributed by atoms with Gasteiger partial charge in [-0.05, 0) is 59.5 Å². The van der Waals surface area contributed by atoms with Crippen molar-refractivity contribution in [1.29, 1.82) is 0 Å². The summed E-state index contributed by atoms with van der Waals surface area (Å²) in [4.78, 5) is 13.0. The molecule has 0 N–H and O–H groups in total. The van der Waals surface area contributed by atoms with Crippen LogP contribution in [0, 0.1) is 0 Å². The van der Waals surface area contributed by atoms with Gasteiger partial charge >= 0.3 is 0 Å². The Kier molecular flexibility index (Phi) is 6.39. The molecule has 5 rings (SSSR count). The number of rotatable bonds is 6. The summed E-state index contributed by atoms with van der Waals surface area (Å²) in [6.45, 7) is 0.882. The minimum atomic E-state index is -3.31. The van der Waals surface area contributed by atoms with Crippen LogP contribution in [0.1, 0.15) is 22.6 Å². The van der Waals surface area contributed by atoms with Crippen LogP contribution in [-0.2, 0) is 16.3 Å². The Bertz CT molecular complexity index is 1410. The number of hydrogen-bond acceptors (Lipinski definition) is 6. The maximum absolute atomic E-state index is 12.2. The Hall–Kier alpha value is -3.16. The van der Waals surface area contributed by atoms with Crippen molar-refractivity contribution in [1.82, 2.24) is 9.97 Å². The summed E-state index contributed by atoms with van der Waals surface area (Å²) in [6, 6.07) is 23.8. The molecule has 0 amide bonds. The molecule has 1 unspecified atom stereocenters. The van der Waals surface area contributed by atoms with Gasteiger partial charge in [0.2, 0.25) is 0 Å². The molecule has 1 aliphatic heterocycles. The van der Waals surface area contributed by atoms with E-state index in [9.17, 15) is 8.42 Å². The lowest BCUT2D eigenvalue weighted by molar-refractivity contribution is 0.601. The van der Waals surface area contributed by atoms with Crippen LogP contribution < -0.4 is 4.90 Å². The maximum atomic E-state index is 12.2. The lowest BCUT2D eigenvalue weighted by atomic mass is 9.86. The van der Waals surface area contributed by atoms with Gasteiger partial charge < -0.3 is 4.90 Å². The minimum absolute atomic E-state index is 0.0623. The van der Waals surface area contributed by atoms with E-state index < -0.39 is 9.84 Å². The zero-order chi connectivity index (χ0) is 23.5. The first-order valence-electron chi connectivity index (χ1n) is 11.1. The highest BCUT2D eigenvalue weighted by Crippen LogP contribution is 2.40. The number of pyridine rings is 2. The summed E-state index contributed by atoms with van der Waals surface area (Å²) < 4.78 is 24.5. The molecular weight excluding hydrogens is 462 g/mol. The zero-order valence-electron chi connectivity index (χ0n) is 18.8. The summed E-state index contributed by atoms with van der Waals surface area (Å²) in [5, 5.41) is 0. The van der Waals surface area contributed by atoms with Crippen molar-refractivity contribution in [3.05, 3.63) is 108 Å². The molecule has 172 valence electrons. The smallest absolute Gasteiger partial charge is 0.175 e. The SMILES string of the molecule is CS(=O)(=O)c1cccc(C(Cc2cccnc2N2CCSc3ccccc32)c2cccnc2)c1. The van der Waals surface area contributed by atoms with E-state index in [4.69, 9.17) is 4.98 Å². The van der Waals surface area contributed by atoms with E-state index in [1.54, 1.807) is 18.3 Å². The Labute approximate surface area is 204 Å². The predicted octanol–water partition coefficient (Wildman–Crippen LogP) is 5.50. The lowest BCUT2D eigenvalue weighted by Gasteiger charge is -2.32. The fourth-order valence-corrected chi connectivity index (χ4v) is 6.08. The summed E-state index contributed by atoms with van der Waals surface area (Å²) in [6.07, 6.45) is 7.38. The number of para-hydroxylation sites is 1. The molecule has 0 saturated carbocycles. The molecule has 1 atom stereocenters. The summed E-state index contributed by atoms with van der Waals surface area (Å²) in [5.41, 5.74) is 4.27. The molecule has 0 aliphatic carbocycles. The van der Waals surface area contributed by atoms with Crippen molar-refractivity contribution < 1.29 is 8.42 Å². The zero-order valence-corrected chi connectivity index (χ0v) is 20.5. The second-order valence-corrected chi connectivity index (χ2v) is 11.5. The van der Waals surface area contributed by atoms with Crippen LogP contribution >= 0.6 is 11.8 Å². The lowest BCUT2D eigenvalue weighted by Crippen LogP contribution is -2.26. The van der Waals surface area contributed by atoms with Crippen LogP contribution in [0.5, 0.6) is 0 Å². The monoisotopic (exact) mass is 487 g/mol. The number of nitrogens with zero attached hydrogens (tertiary/aromatic N) is 3.